The van der Waals surface area contributed by atoms with Crippen molar-refractivity contribution in [3.8, 4) is 0 Å². The minimum Gasteiger partial charge on any atom is -0.378 e. The zero-order chi connectivity index (χ0) is 13.6. The van der Waals surface area contributed by atoms with Gasteiger partial charge in [-0.05, 0) is 48.6 Å². The first kappa shape index (κ1) is 13.6. The van der Waals surface area contributed by atoms with Crippen LogP contribution in [0.1, 0.15) is 31.2 Å². The summed E-state index contributed by atoms with van der Waals surface area (Å²) in [4.78, 5) is 0. The fraction of sp³-hybridized carbons (Fsp3) is 0.444. The number of hydrogen-bond donors (Lipinski definition) is 1. The Bertz CT molecular complexity index is 541. The standard InChI is InChI=1S/C18H23NO/c1-2-10-18-15(6-1)7-5-8-16(18)14-19-12-11-17-9-3-4-13-20-17/h1-2,5-8,10,17,19H,3-4,9,11-14H2. The van der Waals surface area contributed by atoms with Gasteiger partial charge >= 0.3 is 0 Å². The third-order valence-corrected chi connectivity index (χ3v) is 4.11. The Hall–Kier alpha value is -1.38. The van der Waals surface area contributed by atoms with E-state index >= 15 is 0 Å². The second-order valence-electron chi connectivity index (χ2n) is 5.59. The first-order valence-electron chi connectivity index (χ1n) is 7.72. The summed E-state index contributed by atoms with van der Waals surface area (Å²) in [5, 5.41) is 6.24. The van der Waals surface area contributed by atoms with E-state index in [1.165, 1.54) is 35.6 Å². The summed E-state index contributed by atoms with van der Waals surface area (Å²) in [6, 6.07) is 15.1. The molecule has 0 aliphatic carbocycles. The van der Waals surface area contributed by atoms with Crippen molar-refractivity contribution in [2.75, 3.05) is 13.2 Å². The lowest BCUT2D eigenvalue weighted by atomic mass is 10.0. The van der Waals surface area contributed by atoms with Crippen molar-refractivity contribution in [3.05, 3.63) is 48.0 Å². The predicted molar refractivity (Wildman–Crippen MR) is 83.9 cm³/mol. The van der Waals surface area contributed by atoms with Crippen LogP contribution in [0.25, 0.3) is 10.8 Å². The minimum atomic E-state index is 0.476. The molecule has 1 aliphatic heterocycles. The van der Waals surface area contributed by atoms with Gasteiger partial charge in [-0.25, -0.2) is 0 Å². The molecule has 3 rings (SSSR count). The van der Waals surface area contributed by atoms with Crippen LogP contribution in [-0.4, -0.2) is 19.3 Å². The second kappa shape index (κ2) is 6.87. The maximum absolute atomic E-state index is 5.76. The number of hydrogen-bond acceptors (Lipinski definition) is 2. The van der Waals surface area contributed by atoms with Crippen LogP contribution in [0.15, 0.2) is 42.5 Å². The van der Waals surface area contributed by atoms with Gasteiger partial charge in [-0.15, -0.1) is 0 Å². The highest BCUT2D eigenvalue weighted by molar-refractivity contribution is 5.85. The minimum absolute atomic E-state index is 0.476. The highest BCUT2D eigenvalue weighted by Gasteiger charge is 2.12. The molecule has 1 atom stereocenters. The number of rotatable bonds is 5. The van der Waals surface area contributed by atoms with E-state index in [0.29, 0.717) is 6.10 Å². The van der Waals surface area contributed by atoms with Gasteiger partial charge in [0.2, 0.25) is 0 Å². The molecule has 0 spiro atoms. The Kier molecular flexibility index (Phi) is 4.67. The van der Waals surface area contributed by atoms with E-state index < -0.39 is 0 Å². The molecule has 2 aromatic rings. The molecule has 1 aliphatic rings. The van der Waals surface area contributed by atoms with E-state index in [0.717, 1.165) is 26.1 Å². The molecular weight excluding hydrogens is 246 g/mol. The zero-order valence-electron chi connectivity index (χ0n) is 12.0. The van der Waals surface area contributed by atoms with E-state index in [2.05, 4.69) is 47.8 Å². The summed E-state index contributed by atoms with van der Waals surface area (Å²) in [5.41, 5.74) is 1.38. The van der Waals surface area contributed by atoms with E-state index in [1.807, 2.05) is 0 Å². The lowest BCUT2D eigenvalue weighted by molar-refractivity contribution is 0.0115. The quantitative estimate of drug-likeness (QED) is 0.831. The third-order valence-electron chi connectivity index (χ3n) is 4.11. The van der Waals surface area contributed by atoms with E-state index in [9.17, 15) is 0 Å². The van der Waals surface area contributed by atoms with Crippen LogP contribution in [0.3, 0.4) is 0 Å². The molecule has 2 aromatic carbocycles. The van der Waals surface area contributed by atoms with Gasteiger partial charge in [-0.2, -0.15) is 0 Å². The first-order valence-corrected chi connectivity index (χ1v) is 7.72. The molecule has 0 bridgehead atoms. The average molecular weight is 269 g/mol. The number of benzene rings is 2. The predicted octanol–water partition coefficient (Wildman–Crippen LogP) is 3.89. The molecular formula is C18H23NO. The topological polar surface area (TPSA) is 21.3 Å². The largest absolute Gasteiger partial charge is 0.378 e. The van der Waals surface area contributed by atoms with Gasteiger partial charge in [0, 0.05) is 13.2 Å². The Balaban J connectivity index is 1.52. The van der Waals surface area contributed by atoms with Crippen LogP contribution in [0.2, 0.25) is 0 Å². The van der Waals surface area contributed by atoms with Crippen LogP contribution in [0, 0.1) is 0 Å². The SMILES string of the molecule is c1ccc2c(CNCCC3CCCCO3)cccc2c1. The molecule has 1 heterocycles. The molecule has 106 valence electrons. The maximum Gasteiger partial charge on any atom is 0.0587 e. The van der Waals surface area contributed by atoms with Crippen LogP contribution >= 0.6 is 0 Å². The number of ether oxygens (including phenoxy) is 1. The summed E-state index contributed by atoms with van der Waals surface area (Å²) in [6.45, 7) is 2.93. The van der Waals surface area contributed by atoms with E-state index in [1.54, 1.807) is 0 Å². The molecule has 0 radical (unpaired) electrons. The van der Waals surface area contributed by atoms with Crippen molar-refractivity contribution in [1.82, 2.24) is 5.32 Å². The van der Waals surface area contributed by atoms with Crippen molar-refractivity contribution in [3.63, 3.8) is 0 Å². The van der Waals surface area contributed by atoms with Crippen molar-refractivity contribution in [1.29, 1.82) is 0 Å². The average Bonchev–Trinajstić information content (AvgIpc) is 2.53. The van der Waals surface area contributed by atoms with Gasteiger partial charge in [0.05, 0.1) is 6.10 Å². The van der Waals surface area contributed by atoms with Crippen molar-refractivity contribution in [2.24, 2.45) is 0 Å². The summed E-state index contributed by atoms with van der Waals surface area (Å²) in [5.74, 6) is 0. The van der Waals surface area contributed by atoms with Crippen molar-refractivity contribution in [2.45, 2.75) is 38.3 Å². The molecule has 1 fully saturated rings. The third kappa shape index (κ3) is 3.38. The second-order valence-corrected chi connectivity index (χ2v) is 5.59. The molecule has 2 nitrogen and oxygen atoms in total. The molecule has 1 unspecified atom stereocenters. The van der Waals surface area contributed by atoms with E-state index in [-0.39, 0.29) is 0 Å². The van der Waals surface area contributed by atoms with Gasteiger partial charge in [0.1, 0.15) is 0 Å². The van der Waals surface area contributed by atoms with Crippen LogP contribution < -0.4 is 5.32 Å². The molecule has 1 saturated heterocycles. The molecule has 0 saturated carbocycles. The molecule has 1 N–H and O–H groups in total. The first-order chi connectivity index (χ1) is 9.93. The lowest BCUT2D eigenvalue weighted by Gasteiger charge is -2.22. The highest BCUT2D eigenvalue weighted by atomic mass is 16.5. The normalized spacial score (nSPS) is 19.3. The lowest BCUT2D eigenvalue weighted by Crippen LogP contribution is -2.25. The van der Waals surface area contributed by atoms with Crippen LogP contribution in [0.4, 0.5) is 0 Å². The molecule has 2 heteroatoms. The maximum atomic E-state index is 5.76. The Morgan fingerprint density at radius 2 is 1.95 bits per heavy atom. The van der Waals surface area contributed by atoms with Gasteiger partial charge in [0.25, 0.3) is 0 Å². The molecule has 0 amide bonds. The monoisotopic (exact) mass is 269 g/mol. The number of nitrogens with one attached hydrogen (secondary N) is 1. The Morgan fingerprint density at radius 1 is 1.05 bits per heavy atom. The van der Waals surface area contributed by atoms with Gasteiger partial charge in [-0.3, -0.25) is 0 Å². The highest BCUT2D eigenvalue weighted by Crippen LogP contribution is 2.18. The van der Waals surface area contributed by atoms with Crippen LogP contribution in [-0.2, 0) is 11.3 Å². The fourth-order valence-corrected chi connectivity index (χ4v) is 2.97. The molecule has 20 heavy (non-hydrogen) atoms. The van der Waals surface area contributed by atoms with Crippen LogP contribution in [0.5, 0.6) is 0 Å². The number of fused-ring (bicyclic) bond motifs is 1. The van der Waals surface area contributed by atoms with Crippen molar-refractivity contribution < 1.29 is 4.74 Å². The Morgan fingerprint density at radius 3 is 2.85 bits per heavy atom. The smallest absolute Gasteiger partial charge is 0.0587 e. The van der Waals surface area contributed by atoms with E-state index in [4.69, 9.17) is 4.74 Å². The Labute approximate surface area is 121 Å². The van der Waals surface area contributed by atoms with Gasteiger partial charge < -0.3 is 10.1 Å². The zero-order valence-corrected chi connectivity index (χ0v) is 12.0. The summed E-state index contributed by atoms with van der Waals surface area (Å²) < 4.78 is 5.76. The summed E-state index contributed by atoms with van der Waals surface area (Å²) in [6.07, 6.45) is 5.40. The summed E-state index contributed by atoms with van der Waals surface area (Å²) in [7, 11) is 0. The van der Waals surface area contributed by atoms with Gasteiger partial charge in [0.15, 0.2) is 0 Å². The van der Waals surface area contributed by atoms with Crippen molar-refractivity contribution >= 4 is 10.8 Å². The molecule has 0 aromatic heterocycles. The fourth-order valence-electron chi connectivity index (χ4n) is 2.97. The van der Waals surface area contributed by atoms with Gasteiger partial charge in [-0.1, -0.05) is 42.5 Å². The summed E-state index contributed by atoms with van der Waals surface area (Å²) >= 11 is 0.